The first-order valence-corrected chi connectivity index (χ1v) is 6.94. The highest BCUT2D eigenvalue weighted by molar-refractivity contribution is 5.88. The molecule has 0 spiro atoms. The van der Waals surface area contributed by atoms with Crippen LogP contribution in [0.25, 0.3) is 0 Å². The third kappa shape index (κ3) is 4.55. The Kier molecular flexibility index (Phi) is 6.34. The molecule has 0 aromatic heterocycles. The monoisotopic (exact) mass is 260 g/mol. The minimum absolute atomic E-state index is 0.205. The van der Waals surface area contributed by atoms with Crippen LogP contribution in [0, 0.1) is 5.92 Å². The fourth-order valence-corrected chi connectivity index (χ4v) is 2.22. The van der Waals surface area contributed by atoms with Crippen molar-refractivity contribution in [2.75, 3.05) is 7.11 Å². The molecule has 0 aliphatic carbocycles. The molecule has 2 nitrogen and oxygen atoms in total. The third-order valence-electron chi connectivity index (χ3n) is 3.25. The van der Waals surface area contributed by atoms with Crippen LogP contribution >= 0.6 is 0 Å². The quantitative estimate of drug-likeness (QED) is 0.562. The molecule has 1 aromatic carbocycles. The Morgan fingerprint density at radius 3 is 2.37 bits per heavy atom. The maximum Gasteiger partial charge on any atom is 0.333 e. The largest absolute Gasteiger partial charge is 0.466 e. The number of carbonyl (C=O) groups is 1. The van der Waals surface area contributed by atoms with Crippen LogP contribution in [0.5, 0.6) is 0 Å². The van der Waals surface area contributed by atoms with Crippen LogP contribution in [0.3, 0.4) is 0 Å². The van der Waals surface area contributed by atoms with E-state index >= 15 is 0 Å². The van der Waals surface area contributed by atoms with E-state index in [1.54, 1.807) is 0 Å². The van der Waals surface area contributed by atoms with Crippen molar-refractivity contribution in [2.24, 2.45) is 5.92 Å². The minimum atomic E-state index is -0.205. The molecule has 0 saturated carbocycles. The zero-order valence-electron chi connectivity index (χ0n) is 12.3. The summed E-state index contributed by atoms with van der Waals surface area (Å²) in [4.78, 5) is 11.8. The fourth-order valence-electron chi connectivity index (χ4n) is 2.22. The van der Waals surface area contributed by atoms with E-state index < -0.39 is 0 Å². The van der Waals surface area contributed by atoms with Crippen LogP contribution < -0.4 is 0 Å². The van der Waals surface area contributed by atoms with Gasteiger partial charge in [-0.1, -0.05) is 63.6 Å². The van der Waals surface area contributed by atoms with Crippen molar-refractivity contribution in [3.05, 3.63) is 47.5 Å². The van der Waals surface area contributed by atoms with Gasteiger partial charge in [0.05, 0.1) is 7.11 Å². The number of benzene rings is 1. The van der Waals surface area contributed by atoms with Crippen LogP contribution in [-0.4, -0.2) is 13.1 Å². The smallest absolute Gasteiger partial charge is 0.333 e. The average molecular weight is 260 g/mol. The van der Waals surface area contributed by atoms with Gasteiger partial charge in [-0.25, -0.2) is 4.79 Å². The van der Waals surface area contributed by atoms with E-state index in [0.29, 0.717) is 5.92 Å². The topological polar surface area (TPSA) is 26.3 Å². The van der Waals surface area contributed by atoms with Crippen molar-refractivity contribution in [3.8, 4) is 0 Å². The normalized spacial score (nSPS) is 13.4. The fraction of sp³-hybridized carbons (Fsp3) is 0.471. The van der Waals surface area contributed by atoms with Crippen LogP contribution in [0.15, 0.2) is 42.0 Å². The first-order valence-electron chi connectivity index (χ1n) is 6.94. The highest BCUT2D eigenvalue weighted by Gasteiger charge is 2.17. The van der Waals surface area contributed by atoms with Crippen molar-refractivity contribution in [1.82, 2.24) is 0 Å². The molecule has 104 valence electrons. The molecule has 0 aliphatic heterocycles. The lowest BCUT2D eigenvalue weighted by Crippen LogP contribution is -2.10. The zero-order chi connectivity index (χ0) is 14.3. The second kappa shape index (κ2) is 7.78. The highest BCUT2D eigenvalue weighted by Crippen LogP contribution is 2.28. The Morgan fingerprint density at radius 1 is 1.26 bits per heavy atom. The van der Waals surface area contributed by atoms with Gasteiger partial charge in [-0.2, -0.15) is 0 Å². The Morgan fingerprint density at radius 2 is 1.89 bits per heavy atom. The molecule has 0 radical (unpaired) electrons. The summed E-state index contributed by atoms with van der Waals surface area (Å²) in [6.45, 7) is 6.42. The van der Waals surface area contributed by atoms with E-state index in [1.807, 2.05) is 18.2 Å². The maximum absolute atomic E-state index is 11.8. The van der Waals surface area contributed by atoms with Crippen molar-refractivity contribution in [2.45, 2.75) is 39.5 Å². The van der Waals surface area contributed by atoms with Gasteiger partial charge in [0.2, 0.25) is 0 Å². The molecule has 2 heteroatoms. The van der Waals surface area contributed by atoms with Gasteiger partial charge in [0.1, 0.15) is 0 Å². The SMILES string of the molecule is CCC/C(=C\[C@@H](c1ccccc1)C(C)C)C(=O)OC. The summed E-state index contributed by atoms with van der Waals surface area (Å²) in [5.74, 6) is 0.490. The summed E-state index contributed by atoms with van der Waals surface area (Å²) in [5, 5.41) is 0. The van der Waals surface area contributed by atoms with Crippen LogP contribution in [0.1, 0.15) is 45.1 Å². The molecule has 1 atom stereocenters. The molecule has 1 aromatic rings. The predicted molar refractivity (Wildman–Crippen MR) is 79.0 cm³/mol. The number of esters is 1. The van der Waals surface area contributed by atoms with Crippen molar-refractivity contribution in [1.29, 1.82) is 0 Å². The summed E-state index contributed by atoms with van der Waals surface area (Å²) in [6, 6.07) is 10.3. The lowest BCUT2D eigenvalue weighted by molar-refractivity contribution is -0.136. The standard InChI is InChI=1S/C17H24O2/c1-5-9-15(17(18)19-4)12-16(13(2)3)14-10-7-6-8-11-14/h6-8,10-13,16H,5,9H2,1-4H3/b15-12+/t16-/m1/s1. The van der Waals surface area contributed by atoms with Crippen molar-refractivity contribution in [3.63, 3.8) is 0 Å². The molecule has 0 aliphatic rings. The van der Waals surface area contributed by atoms with Crippen LogP contribution in [0.2, 0.25) is 0 Å². The van der Waals surface area contributed by atoms with Gasteiger partial charge in [0.15, 0.2) is 0 Å². The number of ether oxygens (including phenoxy) is 1. The third-order valence-corrected chi connectivity index (χ3v) is 3.25. The molecular weight excluding hydrogens is 236 g/mol. The number of hydrogen-bond acceptors (Lipinski definition) is 2. The van der Waals surface area contributed by atoms with E-state index in [1.165, 1.54) is 12.7 Å². The molecule has 0 bridgehead atoms. The molecule has 0 fully saturated rings. The van der Waals surface area contributed by atoms with Crippen LogP contribution in [0.4, 0.5) is 0 Å². The summed E-state index contributed by atoms with van der Waals surface area (Å²) in [7, 11) is 1.44. The number of carbonyl (C=O) groups excluding carboxylic acids is 1. The van der Waals surface area contributed by atoms with Gasteiger partial charge >= 0.3 is 5.97 Å². The summed E-state index contributed by atoms with van der Waals surface area (Å²) < 4.78 is 4.87. The lowest BCUT2D eigenvalue weighted by Gasteiger charge is -2.19. The zero-order valence-corrected chi connectivity index (χ0v) is 12.3. The second-order valence-corrected chi connectivity index (χ2v) is 5.11. The highest BCUT2D eigenvalue weighted by atomic mass is 16.5. The number of methoxy groups -OCH3 is 1. The van der Waals surface area contributed by atoms with Crippen molar-refractivity contribution < 1.29 is 9.53 Å². The lowest BCUT2D eigenvalue weighted by atomic mass is 9.86. The molecule has 0 amide bonds. The first kappa shape index (κ1) is 15.5. The van der Waals surface area contributed by atoms with Gasteiger partial charge in [-0.15, -0.1) is 0 Å². The maximum atomic E-state index is 11.8. The van der Waals surface area contributed by atoms with Gasteiger partial charge < -0.3 is 4.74 Å². The number of allylic oxidation sites excluding steroid dienone is 1. The van der Waals surface area contributed by atoms with Gasteiger partial charge in [-0.05, 0) is 17.9 Å². The predicted octanol–water partition coefficient (Wildman–Crippen LogP) is 4.33. The average Bonchev–Trinajstić information content (AvgIpc) is 2.43. The Bertz CT molecular complexity index is 418. The van der Waals surface area contributed by atoms with Gasteiger partial charge in [0.25, 0.3) is 0 Å². The molecule has 19 heavy (non-hydrogen) atoms. The summed E-state index contributed by atoms with van der Waals surface area (Å²) in [6.07, 6.45) is 3.79. The Balaban J connectivity index is 3.08. The Labute approximate surface area is 116 Å². The van der Waals surface area contributed by atoms with E-state index in [0.717, 1.165) is 18.4 Å². The van der Waals surface area contributed by atoms with E-state index in [-0.39, 0.29) is 11.9 Å². The van der Waals surface area contributed by atoms with Crippen LogP contribution in [-0.2, 0) is 9.53 Å². The molecule has 0 N–H and O–H groups in total. The molecule has 0 unspecified atom stereocenters. The molecular formula is C17H24O2. The first-order chi connectivity index (χ1) is 9.10. The number of rotatable bonds is 6. The van der Waals surface area contributed by atoms with E-state index in [9.17, 15) is 4.79 Å². The molecule has 0 heterocycles. The molecule has 0 saturated heterocycles. The molecule has 1 rings (SSSR count). The Hall–Kier alpha value is -1.57. The minimum Gasteiger partial charge on any atom is -0.466 e. The number of hydrogen-bond donors (Lipinski definition) is 0. The second-order valence-electron chi connectivity index (χ2n) is 5.11. The van der Waals surface area contributed by atoms with E-state index in [2.05, 4.69) is 39.0 Å². The van der Waals surface area contributed by atoms with E-state index in [4.69, 9.17) is 4.74 Å². The van der Waals surface area contributed by atoms with Gasteiger partial charge in [0, 0.05) is 11.5 Å². The summed E-state index contributed by atoms with van der Waals surface area (Å²) in [5.41, 5.74) is 2.03. The van der Waals surface area contributed by atoms with Gasteiger partial charge in [-0.3, -0.25) is 0 Å². The summed E-state index contributed by atoms with van der Waals surface area (Å²) >= 11 is 0. The van der Waals surface area contributed by atoms with Crippen molar-refractivity contribution >= 4 is 5.97 Å².